The first-order chi connectivity index (χ1) is 8.19. The average Bonchev–Trinajstić information content (AvgIpc) is 2.32. The van der Waals surface area contributed by atoms with Gasteiger partial charge < -0.3 is 15.0 Å². The van der Waals surface area contributed by atoms with Crippen LogP contribution in [0.4, 0.5) is 0 Å². The van der Waals surface area contributed by atoms with Gasteiger partial charge in [-0.3, -0.25) is 0 Å². The maximum absolute atomic E-state index is 5.63. The van der Waals surface area contributed by atoms with E-state index in [1.165, 1.54) is 12.8 Å². The summed E-state index contributed by atoms with van der Waals surface area (Å²) in [7, 11) is 2.25. The van der Waals surface area contributed by atoms with Gasteiger partial charge in [-0.2, -0.15) is 0 Å². The molecular formula is C14H30N2O. The second-order valence-electron chi connectivity index (χ2n) is 5.37. The predicted molar refractivity (Wildman–Crippen MR) is 73.4 cm³/mol. The molecule has 3 unspecified atom stereocenters. The molecule has 1 aliphatic heterocycles. The third-order valence-electron chi connectivity index (χ3n) is 3.92. The summed E-state index contributed by atoms with van der Waals surface area (Å²) in [5.74, 6) is 0.646. The first-order valence-electron chi connectivity index (χ1n) is 7.20. The minimum atomic E-state index is 0.644. The number of hydrogen-bond donors (Lipinski definition) is 1. The Morgan fingerprint density at radius 2 is 2.18 bits per heavy atom. The highest BCUT2D eigenvalue weighted by molar-refractivity contribution is 4.82. The summed E-state index contributed by atoms with van der Waals surface area (Å²) in [5.41, 5.74) is 0. The monoisotopic (exact) mass is 242 g/mol. The van der Waals surface area contributed by atoms with Crippen molar-refractivity contribution in [2.24, 2.45) is 5.92 Å². The molecule has 1 fully saturated rings. The largest absolute Gasteiger partial charge is 0.381 e. The van der Waals surface area contributed by atoms with Gasteiger partial charge in [-0.25, -0.2) is 0 Å². The zero-order valence-corrected chi connectivity index (χ0v) is 12.0. The lowest BCUT2D eigenvalue weighted by Gasteiger charge is -2.36. The smallest absolute Gasteiger partial charge is 0.0521 e. The molecular weight excluding hydrogens is 212 g/mol. The zero-order chi connectivity index (χ0) is 12.7. The SMILES string of the molecule is CCCC(C)N(C)CC1COCCC1NCC. The van der Waals surface area contributed by atoms with Crippen LogP contribution in [0.1, 0.15) is 40.0 Å². The summed E-state index contributed by atoms with van der Waals surface area (Å²) >= 11 is 0. The zero-order valence-electron chi connectivity index (χ0n) is 12.0. The highest BCUT2D eigenvalue weighted by atomic mass is 16.5. The summed E-state index contributed by atoms with van der Waals surface area (Å²) in [6.07, 6.45) is 3.72. The number of ether oxygens (including phenoxy) is 1. The molecule has 0 aliphatic carbocycles. The second-order valence-corrected chi connectivity index (χ2v) is 5.37. The molecule has 1 saturated heterocycles. The summed E-state index contributed by atoms with van der Waals surface area (Å²) in [5, 5.41) is 3.60. The molecule has 0 aromatic carbocycles. The second kappa shape index (κ2) is 8.06. The van der Waals surface area contributed by atoms with Gasteiger partial charge in [0.25, 0.3) is 0 Å². The summed E-state index contributed by atoms with van der Waals surface area (Å²) in [6.45, 7) is 10.8. The number of nitrogens with zero attached hydrogens (tertiary/aromatic N) is 1. The first-order valence-corrected chi connectivity index (χ1v) is 7.20. The van der Waals surface area contributed by atoms with Gasteiger partial charge in [0.05, 0.1) is 6.61 Å². The van der Waals surface area contributed by atoms with Crippen molar-refractivity contribution in [3.8, 4) is 0 Å². The standard InChI is InChI=1S/C14H30N2O/c1-5-7-12(3)16(4)10-13-11-17-9-8-14(13)15-6-2/h12-15H,5-11H2,1-4H3. The molecule has 1 heterocycles. The number of rotatable bonds is 7. The third kappa shape index (κ3) is 4.94. The predicted octanol–water partition coefficient (Wildman–Crippen LogP) is 2.12. The van der Waals surface area contributed by atoms with Gasteiger partial charge in [-0.1, -0.05) is 20.3 Å². The van der Waals surface area contributed by atoms with Crippen LogP contribution in [-0.2, 0) is 4.74 Å². The number of nitrogens with one attached hydrogen (secondary N) is 1. The van der Waals surface area contributed by atoms with E-state index in [2.05, 4.69) is 38.0 Å². The number of hydrogen-bond acceptors (Lipinski definition) is 3. The van der Waals surface area contributed by atoms with Crippen LogP contribution in [0.25, 0.3) is 0 Å². The Balaban J connectivity index is 2.40. The van der Waals surface area contributed by atoms with E-state index in [0.717, 1.165) is 32.7 Å². The van der Waals surface area contributed by atoms with Gasteiger partial charge >= 0.3 is 0 Å². The maximum atomic E-state index is 5.63. The van der Waals surface area contributed by atoms with Crippen LogP contribution in [0.2, 0.25) is 0 Å². The molecule has 3 atom stereocenters. The van der Waals surface area contributed by atoms with Crippen LogP contribution in [0.15, 0.2) is 0 Å². The molecule has 17 heavy (non-hydrogen) atoms. The van der Waals surface area contributed by atoms with Gasteiger partial charge in [0.1, 0.15) is 0 Å². The Morgan fingerprint density at radius 1 is 1.41 bits per heavy atom. The minimum absolute atomic E-state index is 0.644. The van der Waals surface area contributed by atoms with Crippen molar-refractivity contribution in [2.45, 2.75) is 52.1 Å². The van der Waals surface area contributed by atoms with E-state index in [1.807, 2.05) is 0 Å². The van der Waals surface area contributed by atoms with E-state index in [4.69, 9.17) is 4.74 Å². The Bertz CT molecular complexity index is 197. The third-order valence-corrected chi connectivity index (χ3v) is 3.92. The summed E-state index contributed by atoms with van der Waals surface area (Å²) in [6, 6.07) is 1.33. The average molecular weight is 242 g/mol. The van der Waals surface area contributed by atoms with Crippen LogP contribution in [0.5, 0.6) is 0 Å². The lowest BCUT2D eigenvalue weighted by molar-refractivity contribution is 0.0154. The fraction of sp³-hybridized carbons (Fsp3) is 1.00. The van der Waals surface area contributed by atoms with Crippen LogP contribution in [0, 0.1) is 5.92 Å². The van der Waals surface area contributed by atoms with Crippen molar-refractivity contribution < 1.29 is 4.74 Å². The highest BCUT2D eigenvalue weighted by Gasteiger charge is 2.26. The van der Waals surface area contributed by atoms with Crippen LogP contribution in [0.3, 0.4) is 0 Å². The molecule has 102 valence electrons. The fourth-order valence-corrected chi connectivity index (χ4v) is 2.70. The molecule has 1 N–H and O–H groups in total. The van der Waals surface area contributed by atoms with Crippen molar-refractivity contribution in [3.05, 3.63) is 0 Å². The van der Waals surface area contributed by atoms with E-state index in [9.17, 15) is 0 Å². The van der Waals surface area contributed by atoms with Gasteiger partial charge in [0.15, 0.2) is 0 Å². The van der Waals surface area contributed by atoms with Gasteiger partial charge in [0, 0.05) is 31.2 Å². The first kappa shape index (κ1) is 14.9. The molecule has 0 amide bonds. The molecule has 1 rings (SSSR count). The van der Waals surface area contributed by atoms with E-state index in [0.29, 0.717) is 18.0 Å². The molecule has 0 bridgehead atoms. The topological polar surface area (TPSA) is 24.5 Å². The molecule has 1 aliphatic rings. The quantitative estimate of drug-likeness (QED) is 0.740. The van der Waals surface area contributed by atoms with Crippen molar-refractivity contribution in [2.75, 3.05) is 33.4 Å². The lowest BCUT2D eigenvalue weighted by atomic mass is 9.94. The molecule has 0 saturated carbocycles. The van der Waals surface area contributed by atoms with Crippen molar-refractivity contribution in [3.63, 3.8) is 0 Å². The van der Waals surface area contributed by atoms with Gasteiger partial charge in [-0.05, 0) is 33.4 Å². The van der Waals surface area contributed by atoms with Crippen molar-refractivity contribution in [1.82, 2.24) is 10.2 Å². The minimum Gasteiger partial charge on any atom is -0.381 e. The molecule has 0 radical (unpaired) electrons. The maximum Gasteiger partial charge on any atom is 0.0521 e. The van der Waals surface area contributed by atoms with Crippen LogP contribution < -0.4 is 5.32 Å². The Kier molecular flexibility index (Phi) is 7.09. The normalized spacial score (nSPS) is 27.4. The molecule has 0 aromatic rings. The summed E-state index contributed by atoms with van der Waals surface area (Å²) in [4.78, 5) is 2.49. The lowest BCUT2D eigenvalue weighted by Crippen LogP contribution is -2.48. The van der Waals surface area contributed by atoms with Gasteiger partial charge in [-0.15, -0.1) is 0 Å². The fourth-order valence-electron chi connectivity index (χ4n) is 2.70. The van der Waals surface area contributed by atoms with Crippen molar-refractivity contribution >= 4 is 0 Å². The van der Waals surface area contributed by atoms with Crippen molar-refractivity contribution in [1.29, 1.82) is 0 Å². The molecule has 3 nitrogen and oxygen atoms in total. The molecule has 0 aromatic heterocycles. The molecule has 0 spiro atoms. The Morgan fingerprint density at radius 3 is 2.82 bits per heavy atom. The van der Waals surface area contributed by atoms with E-state index in [-0.39, 0.29) is 0 Å². The van der Waals surface area contributed by atoms with E-state index < -0.39 is 0 Å². The van der Waals surface area contributed by atoms with Crippen LogP contribution >= 0.6 is 0 Å². The van der Waals surface area contributed by atoms with E-state index in [1.54, 1.807) is 0 Å². The van der Waals surface area contributed by atoms with Gasteiger partial charge in [0.2, 0.25) is 0 Å². The molecule has 3 heteroatoms. The Hall–Kier alpha value is -0.120. The summed E-state index contributed by atoms with van der Waals surface area (Å²) < 4.78 is 5.63. The van der Waals surface area contributed by atoms with E-state index >= 15 is 0 Å². The Labute approximate surface area is 107 Å². The van der Waals surface area contributed by atoms with Crippen LogP contribution in [-0.4, -0.2) is 50.3 Å². The highest BCUT2D eigenvalue weighted by Crippen LogP contribution is 2.17.